The Kier molecular flexibility index (Phi) is 3.41. The molecule has 1 aliphatic carbocycles. The smallest absolute Gasteiger partial charge is 0.186 e. The summed E-state index contributed by atoms with van der Waals surface area (Å²) in [7, 11) is 0. The molecule has 1 heterocycles. The van der Waals surface area contributed by atoms with Gasteiger partial charge in [-0.15, -0.1) is 0 Å². The van der Waals surface area contributed by atoms with Crippen molar-refractivity contribution in [2.45, 2.75) is 0 Å². The Morgan fingerprint density at radius 1 is 0.556 bits per heavy atom. The Balaban J connectivity index is 1.87. The SMILES string of the molecule is O=C1C=CC(=O)c2cc3c(-c4ccccc4)oc(-c4ccccc4)c3cc21. The number of hydrogen-bond donors (Lipinski definition) is 0. The number of furan rings is 1. The van der Waals surface area contributed by atoms with Crippen molar-refractivity contribution in [1.82, 2.24) is 0 Å². The molecule has 128 valence electrons. The lowest BCUT2D eigenvalue weighted by Crippen LogP contribution is -2.11. The van der Waals surface area contributed by atoms with Crippen molar-refractivity contribution >= 4 is 22.3 Å². The first-order chi connectivity index (χ1) is 13.2. The highest BCUT2D eigenvalue weighted by molar-refractivity contribution is 6.24. The van der Waals surface area contributed by atoms with E-state index in [0.29, 0.717) is 22.6 Å². The number of benzene rings is 3. The number of carbonyl (C=O) groups excluding carboxylic acids is 2. The summed E-state index contributed by atoms with van der Waals surface area (Å²) in [6, 6.07) is 23.1. The zero-order valence-electron chi connectivity index (χ0n) is 14.3. The van der Waals surface area contributed by atoms with Crippen molar-refractivity contribution in [1.29, 1.82) is 0 Å². The average molecular weight is 350 g/mol. The van der Waals surface area contributed by atoms with E-state index in [9.17, 15) is 9.59 Å². The second kappa shape index (κ2) is 5.92. The van der Waals surface area contributed by atoms with Gasteiger partial charge in [0.25, 0.3) is 0 Å². The minimum atomic E-state index is -0.159. The number of carbonyl (C=O) groups is 2. The van der Waals surface area contributed by atoms with Crippen LogP contribution in [-0.2, 0) is 0 Å². The van der Waals surface area contributed by atoms with Gasteiger partial charge in [0.15, 0.2) is 11.6 Å². The van der Waals surface area contributed by atoms with Crippen LogP contribution < -0.4 is 0 Å². The third-order valence-corrected chi connectivity index (χ3v) is 4.84. The molecule has 0 unspecified atom stereocenters. The summed E-state index contributed by atoms with van der Waals surface area (Å²) in [6.45, 7) is 0. The van der Waals surface area contributed by atoms with Crippen molar-refractivity contribution < 1.29 is 14.0 Å². The topological polar surface area (TPSA) is 47.3 Å². The summed E-state index contributed by atoms with van der Waals surface area (Å²) in [5.74, 6) is 1.07. The van der Waals surface area contributed by atoms with E-state index in [4.69, 9.17) is 4.42 Å². The van der Waals surface area contributed by atoms with Crippen molar-refractivity contribution in [3.8, 4) is 22.6 Å². The first kappa shape index (κ1) is 15.5. The number of allylic oxidation sites excluding steroid dienone is 2. The third-order valence-electron chi connectivity index (χ3n) is 4.84. The zero-order valence-corrected chi connectivity index (χ0v) is 14.3. The maximum atomic E-state index is 12.3. The molecule has 27 heavy (non-hydrogen) atoms. The van der Waals surface area contributed by atoms with Gasteiger partial charge in [-0.3, -0.25) is 9.59 Å². The molecule has 0 amide bonds. The van der Waals surface area contributed by atoms with E-state index in [1.165, 1.54) is 12.2 Å². The second-order valence-corrected chi connectivity index (χ2v) is 6.50. The lowest BCUT2D eigenvalue weighted by Gasteiger charge is -2.09. The molecule has 0 N–H and O–H groups in total. The minimum absolute atomic E-state index is 0.159. The molecule has 4 aromatic rings. The average Bonchev–Trinajstić information content (AvgIpc) is 3.10. The first-order valence-corrected chi connectivity index (χ1v) is 8.70. The predicted molar refractivity (Wildman–Crippen MR) is 105 cm³/mol. The molecule has 0 radical (unpaired) electrons. The summed E-state index contributed by atoms with van der Waals surface area (Å²) in [4.78, 5) is 24.7. The van der Waals surface area contributed by atoms with Gasteiger partial charge in [-0.2, -0.15) is 0 Å². The number of fused-ring (bicyclic) bond motifs is 2. The summed E-state index contributed by atoms with van der Waals surface area (Å²) < 4.78 is 6.28. The van der Waals surface area contributed by atoms with E-state index in [2.05, 4.69) is 0 Å². The molecule has 0 bridgehead atoms. The number of hydrogen-bond acceptors (Lipinski definition) is 3. The normalized spacial score (nSPS) is 13.2. The number of rotatable bonds is 2. The van der Waals surface area contributed by atoms with E-state index < -0.39 is 0 Å². The Bertz CT molecular complexity index is 1130. The molecule has 3 aromatic carbocycles. The van der Waals surface area contributed by atoms with E-state index in [1.54, 1.807) is 12.1 Å². The summed E-state index contributed by atoms with van der Waals surface area (Å²) in [6.07, 6.45) is 2.66. The Morgan fingerprint density at radius 2 is 0.963 bits per heavy atom. The fraction of sp³-hybridized carbons (Fsp3) is 0. The fourth-order valence-electron chi connectivity index (χ4n) is 3.53. The van der Waals surface area contributed by atoms with Crippen LogP contribution in [0.4, 0.5) is 0 Å². The van der Waals surface area contributed by atoms with Crippen LogP contribution in [-0.4, -0.2) is 11.6 Å². The maximum Gasteiger partial charge on any atom is 0.186 e. The molecular formula is C24H14O3. The van der Waals surface area contributed by atoms with E-state index in [0.717, 1.165) is 21.9 Å². The Morgan fingerprint density at radius 3 is 1.37 bits per heavy atom. The molecule has 0 atom stereocenters. The highest BCUT2D eigenvalue weighted by Crippen LogP contribution is 2.41. The van der Waals surface area contributed by atoms with E-state index in [-0.39, 0.29) is 11.6 Å². The van der Waals surface area contributed by atoms with Gasteiger partial charge in [0.05, 0.1) is 0 Å². The van der Waals surface area contributed by atoms with Crippen LogP contribution in [0.25, 0.3) is 33.4 Å². The molecule has 1 aliphatic rings. The van der Waals surface area contributed by atoms with Crippen molar-refractivity contribution in [2.75, 3.05) is 0 Å². The Hall–Kier alpha value is -3.72. The van der Waals surface area contributed by atoms with Crippen molar-refractivity contribution in [3.05, 3.63) is 96.1 Å². The molecule has 0 fully saturated rings. The fourth-order valence-corrected chi connectivity index (χ4v) is 3.53. The molecule has 5 rings (SSSR count). The second-order valence-electron chi connectivity index (χ2n) is 6.50. The lowest BCUT2D eigenvalue weighted by molar-refractivity contribution is 0.0994. The van der Waals surface area contributed by atoms with Crippen LogP contribution in [0.5, 0.6) is 0 Å². The Labute approximate surface area is 155 Å². The van der Waals surface area contributed by atoms with Gasteiger partial charge < -0.3 is 4.42 Å². The third kappa shape index (κ3) is 2.44. The predicted octanol–water partition coefficient (Wildman–Crippen LogP) is 5.70. The summed E-state index contributed by atoms with van der Waals surface area (Å²) in [5, 5.41) is 1.66. The van der Waals surface area contributed by atoms with Gasteiger partial charge in [-0.1, -0.05) is 60.7 Å². The molecule has 0 saturated carbocycles. The molecule has 3 heteroatoms. The maximum absolute atomic E-state index is 12.3. The molecule has 1 aromatic heterocycles. The van der Waals surface area contributed by atoms with Gasteiger partial charge in [-0.05, 0) is 24.3 Å². The molecular weight excluding hydrogens is 336 g/mol. The molecule has 0 spiro atoms. The quantitative estimate of drug-likeness (QED) is 0.466. The van der Waals surface area contributed by atoms with Gasteiger partial charge in [0, 0.05) is 33.0 Å². The first-order valence-electron chi connectivity index (χ1n) is 8.70. The van der Waals surface area contributed by atoms with E-state index >= 15 is 0 Å². The van der Waals surface area contributed by atoms with Gasteiger partial charge in [0.1, 0.15) is 11.5 Å². The standard InChI is InChI=1S/C24H14O3/c25-21-11-12-22(26)18-14-20-19(13-17(18)21)23(15-7-3-1-4-8-15)27-24(20)16-9-5-2-6-10-16/h1-14H. The molecule has 0 saturated heterocycles. The lowest BCUT2D eigenvalue weighted by atomic mass is 9.91. The van der Waals surface area contributed by atoms with Crippen molar-refractivity contribution in [2.24, 2.45) is 0 Å². The minimum Gasteiger partial charge on any atom is -0.455 e. The molecule has 0 aliphatic heterocycles. The van der Waals surface area contributed by atoms with Crippen LogP contribution >= 0.6 is 0 Å². The van der Waals surface area contributed by atoms with E-state index in [1.807, 2.05) is 60.7 Å². The van der Waals surface area contributed by atoms with Gasteiger partial charge >= 0.3 is 0 Å². The van der Waals surface area contributed by atoms with Crippen LogP contribution in [0.3, 0.4) is 0 Å². The largest absolute Gasteiger partial charge is 0.455 e. The van der Waals surface area contributed by atoms with Crippen molar-refractivity contribution in [3.63, 3.8) is 0 Å². The highest BCUT2D eigenvalue weighted by atomic mass is 16.3. The van der Waals surface area contributed by atoms with Crippen LogP contribution in [0, 0.1) is 0 Å². The summed E-state index contributed by atoms with van der Waals surface area (Å²) in [5.41, 5.74) is 2.70. The van der Waals surface area contributed by atoms with Gasteiger partial charge in [0.2, 0.25) is 0 Å². The van der Waals surface area contributed by atoms with Gasteiger partial charge in [-0.25, -0.2) is 0 Å². The molecule has 3 nitrogen and oxygen atoms in total. The highest BCUT2D eigenvalue weighted by Gasteiger charge is 2.24. The van der Waals surface area contributed by atoms with Crippen LogP contribution in [0.1, 0.15) is 20.7 Å². The van der Waals surface area contributed by atoms with Crippen LogP contribution in [0.15, 0.2) is 89.4 Å². The van der Waals surface area contributed by atoms with Crippen LogP contribution in [0.2, 0.25) is 0 Å². The summed E-state index contributed by atoms with van der Waals surface area (Å²) >= 11 is 0. The number of ketones is 2. The zero-order chi connectivity index (χ0) is 18.4. The monoisotopic (exact) mass is 350 g/mol.